The molecule has 1 amide bonds. The average Bonchev–Trinajstić information content (AvgIpc) is 3.18. The molecule has 116 valence electrons. The summed E-state index contributed by atoms with van der Waals surface area (Å²) in [6, 6.07) is 1.67. The van der Waals surface area contributed by atoms with Crippen molar-refractivity contribution in [3.8, 4) is 5.88 Å². The van der Waals surface area contributed by atoms with Crippen LogP contribution in [0.15, 0.2) is 35.4 Å². The van der Waals surface area contributed by atoms with Crippen molar-refractivity contribution in [1.29, 1.82) is 0 Å². The van der Waals surface area contributed by atoms with Crippen LogP contribution in [0.25, 0.3) is 0 Å². The maximum Gasteiger partial charge on any atom is 0.257 e. The number of likely N-dealkylation sites (tertiary alicyclic amines) is 1. The first-order chi connectivity index (χ1) is 10.6. The van der Waals surface area contributed by atoms with E-state index in [9.17, 15) is 4.79 Å². The van der Waals surface area contributed by atoms with Gasteiger partial charge in [-0.1, -0.05) is 0 Å². The van der Waals surface area contributed by atoms with E-state index in [1.165, 1.54) is 12.5 Å². The van der Waals surface area contributed by atoms with Crippen molar-refractivity contribution in [3.05, 3.63) is 36.5 Å². The summed E-state index contributed by atoms with van der Waals surface area (Å²) in [5, 5.41) is 0. The lowest BCUT2D eigenvalue weighted by Gasteiger charge is -2.19. The molecular weight excluding hydrogens is 284 g/mol. The summed E-state index contributed by atoms with van der Waals surface area (Å²) in [6.45, 7) is 1.19. The standard InChI is InChI=1S/C15H18N4O3/c1-18(2)13-14(17-6-5-16-13)22-12-3-7-19(9-12)15(20)11-4-8-21-10-11/h4-6,8,10,12H,3,7,9H2,1-2H3. The quantitative estimate of drug-likeness (QED) is 0.851. The van der Waals surface area contributed by atoms with E-state index in [4.69, 9.17) is 9.15 Å². The summed E-state index contributed by atoms with van der Waals surface area (Å²) in [6.07, 6.45) is 6.89. The fraction of sp³-hybridized carbons (Fsp3) is 0.400. The van der Waals surface area contributed by atoms with E-state index in [0.29, 0.717) is 30.4 Å². The molecule has 0 radical (unpaired) electrons. The molecule has 2 aromatic heterocycles. The highest BCUT2D eigenvalue weighted by molar-refractivity contribution is 5.94. The molecule has 1 unspecified atom stereocenters. The molecule has 1 fully saturated rings. The minimum atomic E-state index is -0.0775. The summed E-state index contributed by atoms with van der Waals surface area (Å²) >= 11 is 0. The molecule has 1 saturated heterocycles. The molecule has 7 heteroatoms. The van der Waals surface area contributed by atoms with Crippen molar-refractivity contribution in [1.82, 2.24) is 14.9 Å². The summed E-state index contributed by atoms with van der Waals surface area (Å²) in [5.41, 5.74) is 0.564. The third kappa shape index (κ3) is 2.88. The van der Waals surface area contributed by atoms with Crippen molar-refractivity contribution < 1.29 is 13.9 Å². The van der Waals surface area contributed by atoms with E-state index in [1.807, 2.05) is 19.0 Å². The first-order valence-electron chi connectivity index (χ1n) is 7.11. The molecule has 0 bridgehead atoms. The Labute approximate surface area is 128 Å². The van der Waals surface area contributed by atoms with E-state index in [1.54, 1.807) is 23.4 Å². The number of amides is 1. The average molecular weight is 302 g/mol. The zero-order valence-corrected chi connectivity index (χ0v) is 12.6. The molecule has 1 aliphatic rings. The van der Waals surface area contributed by atoms with Gasteiger partial charge in [0, 0.05) is 39.5 Å². The molecule has 1 aliphatic heterocycles. The SMILES string of the molecule is CN(C)c1nccnc1OC1CCN(C(=O)c2ccoc2)C1. The van der Waals surface area contributed by atoms with Crippen LogP contribution in [0.3, 0.4) is 0 Å². The van der Waals surface area contributed by atoms with Crippen molar-refractivity contribution in [2.45, 2.75) is 12.5 Å². The Kier molecular flexibility index (Phi) is 3.95. The number of hydrogen-bond donors (Lipinski definition) is 0. The van der Waals surface area contributed by atoms with E-state index in [0.717, 1.165) is 6.42 Å². The number of rotatable bonds is 4. The van der Waals surface area contributed by atoms with Gasteiger partial charge in [-0.2, -0.15) is 0 Å². The number of anilines is 1. The van der Waals surface area contributed by atoms with Gasteiger partial charge in [0.15, 0.2) is 5.82 Å². The van der Waals surface area contributed by atoms with Crippen LogP contribution in [0, 0.1) is 0 Å². The van der Waals surface area contributed by atoms with Crippen molar-refractivity contribution in [3.63, 3.8) is 0 Å². The van der Waals surface area contributed by atoms with E-state index < -0.39 is 0 Å². The Bertz CT molecular complexity index is 642. The van der Waals surface area contributed by atoms with Crippen LogP contribution in [0.2, 0.25) is 0 Å². The highest BCUT2D eigenvalue weighted by atomic mass is 16.5. The fourth-order valence-corrected chi connectivity index (χ4v) is 2.44. The largest absolute Gasteiger partial charge is 0.472 e. The van der Waals surface area contributed by atoms with Gasteiger partial charge in [0.2, 0.25) is 0 Å². The Morgan fingerprint density at radius 2 is 2.23 bits per heavy atom. The van der Waals surface area contributed by atoms with Gasteiger partial charge >= 0.3 is 0 Å². The highest BCUT2D eigenvalue weighted by Gasteiger charge is 2.29. The molecule has 3 heterocycles. The second-order valence-electron chi connectivity index (χ2n) is 5.37. The summed E-state index contributed by atoms with van der Waals surface area (Å²) in [4.78, 5) is 24.4. The molecule has 22 heavy (non-hydrogen) atoms. The van der Waals surface area contributed by atoms with E-state index >= 15 is 0 Å². The second kappa shape index (κ2) is 6.05. The minimum Gasteiger partial charge on any atom is -0.472 e. The Hall–Kier alpha value is -2.57. The third-order valence-electron chi connectivity index (χ3n) is 3.55. The number of nitrogens with zero attached hydrogens (tertiary/aromatic N) is 4. The van der Waals surface area contributed by atoms with Gasteiger partial charge in [0.05, 0.1) is 18.4 Å². The fourth-order valence-electron chi connectivity index (χ4n) is 2.44. The number of carbonyl (C=O) groups is 1. The summed E-state index contributed by atoms with van der Waals surface area (Å²) in [7, 11) is 3.78. The minimum absolute atomic E-state index is 0.0353. The molecule has 0 aromatic carbocycles. The van der Waals surface area contributed by atoms with Gasteiger partial charge < -0.3 is 19.0 Å². The maximum absolute atomic E-state index is 12.3. The monoisotopic (exact) mass is 302 g/mol. The maximum atomic E-state index is 12.3. The highest BCUT2D eigenvalue weighted by Crippen LogP contribution is 2.24. The van der Waals surface area contributed by atoms with Gasteiger partial charge in [0.1, 0.15) is 12.4 Å². The van der Waals surface area contributed by atoms with Gasteiger partial charge in [-0.05, 0) is 6.07 Å². The smallest absolute Gasteiger partial charge is 0.257 e. The number of carbonyl (C=O) groups excluding carboxylic acids is 1. The van der Waals surface area contributed by atoms with E-state index in [-0.39, 0.29) is 12.0 Å². The first kappa shape index (κ1) is 14.4. The van der Waals surface area contributed by atoms with Crippen LogP contribution < -0.4 is 9.64 Å². The number of furan rings is 1. The third-order valence-corrected chi connectivity index (χ3v) is 3.55. The predicted molar refractivity (Wildman–Crippen MR) is 80.0 cm³/mol. The lowest BCUT2D eigenvalue weighted by atomic mass is 10.3. The second-order valence-corrected chi connectivity index (χ2v) is 5.37. The number of hydrogen-bond acceptors (Lipinski definition) is 6. The molecular formula is C15H18N4O3. The summed E-state index contributed by atoms with van der Waals surface area (Å²) < 4.78 is 10.9. The normalized spacial score (nSPS) is 17.5. The Balaban J connectivity index is 1.65. The predicted octanol–water partition coefficient (Wildman–Crippen LogP) is 1.43. The molecule has 0 aliphatic carbocycles. The molecule has 0 saturated carbocycles. The van der Waals surface area contributed by atoms with Crippen molar-refractivity contribution in [2.75, 3.05) is 32.1 Å². The lowest BCUT2D eigenvalue weighted by molar-refractivity contribution is 0.0770. The lowest BCUT2D eigenvalue weighted by Crippen LogP contribution is -2.31. The van der Waals surface area contributed by atoms with Gasteiger partial charge in [0.25, 0.3) is 11.8 Å². The topological polar surface area (TPSA) is 71.7 Å². The van der Waals surface area contributed by atoms with Gasteiger partial charge in [-0.3, -0.25) is 4.79 Å². The zero-order valence-electron chi connectivity index (χ0n) is 12.6. The molecule has 1 atom stereocenters. The molecule has 2 aromatic rings. The van der Waals surface area contributed by atoms with Crippen LogP contribution in [-0.2, 0) is 0 Å². The van der Waals surface area contributed by atoms with Gasteiger partial charge in [-0.15, -0.1) is 0 Å². The molecule has 7 nitrogen and oxygen atoms in total. The molecule has 0 N–H and O–H groups in total. The summed E-state index contributed by atoms with van der Waals surface area (Å²) in [5.74, 6) is 1.14. The zero-order chi connectivity index (χ0) is 15.5. The number of ether oxygens (including phenoxy) is 1. The van der Waals surface area contributed by atoms with Crippen LogP contribution in [0.1, 0.15) is 16.8 Å². The van der Waals surface area contributed by atoms with Crippen molar-refractivity contribution >= 4 is 11.7 Å². The number of aromatic nitrogens is 2. The molecule has 0 spiro atoms. The molecule has 3 rings (SSSR count). The van der Waals surface area contributed by atoms with Crippen LogP contribution in [0.4, 0.5) is 5.82 Å². The van der Waals surface area contributed by atoms with Gasteiger partial charge in [-0.25, -0.2) is 9.97 Å². The van der Waals surface area contributed by atoms with Crippen LogP contribution in [-0.4, -0.2) is 54.1 Å². The van der Waals surface area contributed by atoms with Crippen LogP contribution >= 0.6 is 0 Å². The first-order valence-corrected chi connectivity index (χ1v) is 7.11. The van der Waals surface area contributed by atoms with E-state index in [2.05, 4.69) is 9.97 Å². The van der Waals surface area contributed by atoms with Crippen LogP contribution in [0.5, 0.6) is 5.88 Å². The Morgan fingerprint density at radius 3 is 2.95 bits per heavy atom. The van der Waals surface area contributed by atoms with Crippen molar-refractivity contribution in [2.24, 2.45) is 0 Å². The Morgan fingerprint density at radius 1 is 1.41 bits per heavy atom.